The van der Waals surface area contributed by atoms with Crippen LogP contribution in [0.5, 0.6) is 34.5 Å². The highest BCUT2D eigenvalue weighted by molar-refractivity contribution is 8.40. The molecule has 4 aromatic carbocycles. The van der Waals surface area contributed by atoms with E-state index in [9.17, 15) is 89.4 Å². The quantitative estimate of drug-likeness (QED) is 0.0329. The number of amides is 1. The third-order valence-corrected chi connectivity index (χ3v) is 19.4. The van der Waals surface area contributed by atoms with E-state index in [0.29, 0.717) is 6.73 Å². The summed E-state index contributed by atoms with van der Waals surface area (Å²) < 4.78 is 38.6. The highest BCUT2D eigenvalue weighted by atomic mass is 32.7. The van der Waals surface area contributed by atoms with Gasteiger partial charge >= 0.3 is 5.97 Å². The van der Waals surface area contributed by atoms with E-state index >= 15 is 0 Å². The molecule has 32 nitrogen and oxygen atoms in total. The number of carbonyl (C=O) groups is 8. The van der Waals surface area contributed by atoms with Crippen LogP contribution in [0.1, 0.15) is 145 Å². The van der Waals surface area contributed by atoms with E-state index in [4.69, 9.17) is 50.1 Å². The molecule has 1 amide bonds. The van der Waals surface area contributed by atoms with Gasteiger partial charge in [0.15, 0.2) is 35.7 Å². The summed E-state index contributed by atoms with van der Waals surface area (Å²) in [6.45, 7) is 1.40. The van der Waals surface area contributed by atoms with Gasteiger partial charge in [-0.1, -0.05) is 31.7 Å². The van der Waals surface area contributed by atoms with Gasteiger partial charge in [0.2, 0.25) is 17.5 Å². The average Bonchev–Trinajstić information content (AvgIpc) is 0.717. The smallest absolute Gasteiger partial charge is 0.317 e. The molecule has 0 aromatic heterocycles. The Morgan fingerprint density at radius 1 is 0.630 bits per heavy atom. The van der Waals surface area contributed by atoms with Crippen LogP contribution in [0.2, 0.25) is 0 Å². The van der Waals surface area contributed by atoms with Gasteiger partial charge in [0.1, 0.15) is 65.0 Å². The van der Waals surface area contributed by atoms with Gasteiger partial charge in [0, 0.05) is 106 Å². The van der Waals surface area contributed by atoms with Crippen molar-refractivity contribution in [3.05, 3.63) is 103 Å². The Kier molecular flexibility index (Phi) is 32.3. The van der Waals surface area contributed by atoms with Crippen LogP contribution in [-0.4, -0.2) is 244 Å². The molecule has 2 aliphatic heterocycles. The molecular formula is C64H85N5O27P2S2. The number of carboxylic acid groups (broad SMARTS) is 1. The zero-order valence-electron chi connectivity index (χ0n) is 54.9. The summed E-state index contributed by atoms with van der Waals surface area (Å²) in [6, 6.07) is 7.15. The molecule has 0 bridgehead atoms. The number of aliphatic hydroxyl groups is 7. The molecule has 2 fully saturated rings. The fraction of sp³-hybridized carbons (Fsp3) is 0.500. The summed E-state index contributed by atoms with van der Waals surface area (Å²) in [5.74, 6) is -8.94. The van der Waals surface area contributed by atoms with Gasteiger partial charge in [-0.05, 0) is 63.7 Å². The van der Waals surface area contributed by atoms with Crippen molar-refractivity contribution in [3.8, 4) is 34.5 Å². The Hall–Kier alpha value is -6.96. The minimum absolute atomic E-state index is 0. The highest BCUT2D eigenvalue weighted by Crippen LogP contribution is 2.55. The second-order valence-electron chi connectivity index (χ2n) is 22.9. The fourth-order valence-corrected chi connectivity index (χ4v) is 12.2. The molecule has 10 rings (SSSR count). The van der Waals surface area contributed by atoms with Gasteiger partial charge < -0.3 is 122 Å². The molecule has 0 spiro atoms. The summed E-state index contributed by atoms with van der Waals surface area (Å²) in [4.78, 5) is 102. The maximum absolute atomic E-state index is 13.8. The van der Waals surface area contributed by atoms with Crippen LogP contribution < -0.4 is 36.9 Å². The van der Waals surface area contributed by atoms with E-state index in [1.165, 1.54) is 50.6 Å². The van der Waals surface area contributed by atoms with E-state index in [1.54, 1.807) is 35.1 Å². The SMILES string of the molecule is C.CNCC(=O)N[C@H]1CC(O[C@H]2C[C@](O)(C(=O)CO)Cc3c(O)c4c(c(O)c32)C(=O)c2c(OC)cccc2C4=O)O[C@@H](C)[C@H]1O.CNCC(=O)O.CO.COCN.COc1cccc2c1C(=O)c1c(O)c3c(c(O)c1C2=O)C[C@@](O)(C(=O)CO)C[C@@H]3OC1C[C@H](N)[C@H](O)[C@H](C)O1.S=PP=S. The zero-order valence-corrected chi connectivity index (χ0v) is 58.3. The molecule has 2 unspecified atom stereocenters. The predicted molar refractivity (Wildman–Crippen MR) is 362 cm³/mol. The number of methoxy groups -OCH3 is 3. The third kappa shape index (κ3) is 18.3. The van der Waals surface area contributed by atoms with E-state index in [2.05, 4.69) is 44.3 Å². The van der Waals surface area contributed by atoms with Gasteiger partial charge in [0.05, 0.1) is 104 Å². The first-order valence-electron chi connectivity index (χ1n) is 30.2. The van der Waals surface area contributed by atoms with Crippen molar-refractivity contribution in [2.45, 2.75) is 132 Å². The second kappa shape index (κ2) is 37.8. The molecule has 4 aliphatic carbocycles. The number of aromatic hydroxyl groups is 4. The van der Waals surface area contributed by atoms with Crippen LogP contribution in [0, 0.1) is 0 Å². The summed E-state index contributed by atoms with van der Waals surface area (Å²) in [5, 5.41) is 131. The van der Waals surface area contributed by atoms with E-state index in [0.717, 1.165) is 21.2 Å². The Labute approximate surface area is 587 Å². The Morgan fingerprint density at radius 2 is 1.01 bits per heavy atom. The molecule has 6 aliphatic rings. The minimum atomic E-state index is -2.30. The minimum Gasteiger partial charge on any atom is -0.507 e. The number of ketones is 6. The first-order valence-corrected chi connectivity index (χ1v) is 34.7. The van der Waals surface area contributed by atoms with Gasteiger partial charge in [-0.25, -0.2) is 0 Å². The maximum atomic E-state index is 13.8. The number of nitrogens with one attached hydrogen (secondary N) is 3. The number of hydrogen-bond donors (Lipinski definition) is 17. The van der Waals surface area contributed by atoms with Crippen molar-refractivity contribution in [1.29, 1.82) is 0 Å². The van der Waals surface area contributed by atoms with Crippen molar-refractivity contribution in [1.82, 2.24) is 16.0 Å². The van der Waals surface area contributed by atoms with Crippen LogP contribution in [0.25, 0.3) is 0 Å². The van der Waals surface area contributed by atoms with Crippen LogP contribution in [0.4, 0.5) is 0 Å². The van der Waals surface area contributed by atoms with Crippen LogP contribution in [0.3, 0.4) is 0 Å². The number of rotatable bonds is 17. The number of phenols is 4. The van der Waals surface area contributed by atoms with Crippen molar-refractivity contribution in [2.24, 2.45) is 11.5 Å². The molecule has 2 heterocycles. The largest absolute Gasteiger partial charge is 0.507 e. The second-order valence-corrected chi connectivity index (χ2v) is 27.1. The lowest BCUT2D eigenvalue weighted by Crippen LogP contribution is -2.56. The number of phenolic OH excluding ortho intramolecular Hbond substituents is 4. The Balaban J connectivity index is 0.000000348. The summed E-state index contributed by atoms with van der Waals surface area (Å²) in [7, 11) is 10.1. The van der Waals surface area contributed by atoms with E-state index in [1.807, 2.05) is 0 Å². The van der Waals surface area contributed by atoms with Crippen molar-refractivity contribution >= 4 is 84.3 Å². The number of carbonyl (C=O) groups excluding carboxylic acids is 7. The van der Waals surface area contributed by atoms with Crippen LogP contribution in [-0.2, 0) is 79.3 Å². The molecule has 12 atom stereocenters. The molecule has 2 saturated heterocycles. The number of carboxylic acids is 1. The Morgan fingerprint density at radius 3 is 1.34 bits per heavy atom. The molecule has 0 radical (unpaired) electrons. The highest BCUT2D eigenvalue weighted by Gasteiger charge is 2.53. The van der Waals surface area contributed by atoms with Gasteiger partial charge in [0.25, 0.3) is 0 Å². The topological polar surface area (TPSA) is 532 Å². The first kappa shape index (κ1) is 85.5. The maximum Gasteiger partial charge on any atom is 0.317 e. The number of nitrogens with two attached hydrogens (primary N) is 2. The molecule has 36 heteroatoms. The number of ether oxygens (including phenoxy) is 7. The lowest BCUT2D eigenvalue weighted by atomic mass is 9.72. The van der Waals surface area contributed by atoms with Crippen LogP contribution >= 0.6 is 14.1 Å². The first-order chi connectivity index (χ1) is 46.9. The molecule has 100 heavy (non-hydrogen) atoms. The number of benzene rings is 4. The Bertz CT molecular complexity index is 3680. The molecular weight excluding hydrogens is 1400 g/mol. The molecule has 0 saturated carbocycles. The number of likely N-dealkylation sites (N-methyl/N-ethyl adjacent to an activating group) is 2. The standard InChI is InChI=1S/C30H34N2O12.C27H29NO11.C3H7NO2.C2H7NO.CH4O.CH4.P2S2/c1-12-25(36)15(32-19(35)10-31-2)7-20(43-12)44-17-9-30(41,18(34)11-33)8-14-22(17)29(40)24-23(27(14)38)26(37)13-5-4-6-16(42-3)21(13)28(24)39;1-10-22(31)13(28)6-17(38-10)39-15-8-27(36,16(30)9-29)7-12-19(15)26(35)21-20(24(12)33)23(32)11-4-3-5-14(37-2)18(11)25(21)34;1-4-2-3(5)6;1-4-2-3;1-2;;3-1-2-4/h4-6,12,15,17,20,25,31,33,36,38,40-41H,7-11H2,1-3H3,(H,32,35);3-5,10,13,15,17,22,29,31,33,35-36H,6-9,28H2,1-2H3;4H,2H2,1H3,(H,5,6);2-3H2,1H3;2H,1H3;1H4;/t12-,15-,17-,20?,25+,30-;10-,13-,15-,17?,22+,27-;;;;;/m00...../s1. The number of hydrogen-bond acceptors (Lipinski definition) is 32. The lowest BCUT2D eigenvalue weighted by Gasteiger charge is -2.43. The molecule has 19 N–H and O–H groups in total. The number of aliphatic hydroxyl groups excluding tert-OH is 5. The van der Waals surface area contributed by atoms with E-state index < -0.39 is 203 Å². The van der Waals surface area contributed by atoms with E-state index in [-0.39, 0.29) is 89.4 Å². The summed E-state index contributed by atoms with van der Waals surface area (Å²) >= 11 is 8.82. The molecule has 4 aromatic rings. The number of Topliss-reactive ketones (excluding diaryl/α,β-unsaturated/α-hetero) is 2. The van der Waals surface area contributed by atoms with Gasteiger partial charge in [-0.3, -0.25) is 38.4 Å². The summed E-state index contributed by atoms with van der Waals surface area (Å²) in [5.41, 5.74) is 3.31. The van der Waals surface area contributed by atoms with Crippen LogP contribution in [0.15, 0.2) is 36.4 Å². The number of fused-ring (bicyclic) bond motifs is 6. The normalized spacial score (nSPS) is 25.0. The fourth-order valence-electron chi connectivity index (χ4n) is 12.2. The lowest BCUT2D eigenvalue weighted by molar-refractivity contribution is -0.249. The van der Waals surface area contributed by atoms with Gasteiger partial charge in [-0.15, -0.1) is 0 Å². The summed E-state index contributed by atoms with van der Waals surface area (Å²) in [6.07, 6.45) is -10.9. The van der Waals surface area contributed by atoms with Crippen molar-refractivity contribution < 1.29 is 133 Å². The van der Waals surface area contributed by atoms with Gasteiger partial charge in [-0.2, -0.15) is 0 Å². The predicted octanol–water partition coefficient (Wildman–Crippen LogP) is 0.181. The monoisotopic (exact) mass is 1480 g/mol. The third-order valence-electron chi connectivity index (χ3n) is 16.8. The number of aliphatic carboxylic acids is 1. The zero-order chi connectivity index (χ0) is 74.3. The van der Waals surface area contributed by atoms with Crippen molar-refractivity contribution in [2.75, 3.05) is 75.6 Å². The average molecular weight is 1480 g/mol. The molecule has 550 valence electrons. The van der Waals surface area contributed by atoms with Crippen molar-refractivity contribution in [3.63, 3.8) is 0 Å².